The molecule has 1 aromatic heterocycles. The first-order valence-corrected chi connectivity index (χ1v) is 6.10. The molecule has 0 atom stereocenters. The van der Waals surface area contributed by atoms with Gasteiger partial charge >= 0.3 is 0 Å². The summed E-state index contributed by atoms with van der Waals surface area (Å²) in [5, 5.41) is 3.66. The Labute approximate surface area is 118 Å². The predicted molar refractivity (Wildman–Crippen MR) is 72.3 cm³/mol. The van der Waals surface area contributed by atoms with E-state index in [-0.39, 0.29) is 12.5 Å². The van der Waals surface area contributed by atoms with Crippen molar-refractivity contribution >= 4 is 46.4 Å². The topological polar surface area (TPSA) is 46.9 Å². The average Bonchev–Trinajstić information content (AvgIpc) is 2.78. The number of nitrogens with one attached hydrogen (secondary N) is 1. The highest BCUT2D eigenvalue weighted by atomic mass is 35.5. The van der Waals surface area contributed by atoms with Crippen molar-refractivity contribution in [3.8, 4) is 0 Å². The molecule has 7 heteroatoms. The molecule has 1 amide bonds. The van der Waals surface area contributed by atoms with E-state index >= 15 is 0 Å². The van der Waals surface area contributed by atoms with Crippen molar-refractivity contribution in [1.29, 1.82) is 0 Å². The summed E-state index contributed by atoms with van der Waals surface area (Å²) in [5.74, 6) is -0.228. The summed E-state index contributed by atoms with van der Waals surface area (Å²) in [4.78, 5) is 15.6. The molecule has 18 heavy (non-hydrogen) atoms. The van der Waals surface area contributed by atoms with Crippen LogP contribution in [-0.4, -0.2) is 15.5 Å². The average molecular weight is 305 g/mol. The van der Waals surface area contributed by atoms with E-state index in [4.69, 9.17) is 34.8 Å². The minimum Gasteiger partial charge on any atom is -0.328 e. The number of hydrogen-bond donors (Lipinski definition) is 1. The standard InChI is InChI=1S/C11H8Cl3N3O/c12-7-3-9(14)10(4-8(7)13)16-11(18)5-17-2-1-15-6-17/h1-4,6H,5H2,(H,16,18). The van der Waals surface area contributed by atoms with E-state index < -0.39 is 0 Å². The maximum atomic E-state index is 11.7. The second-order valence-electron chi connectivity index (χ2n) is 3.53. The van der Waals surface area contributed by atoms with Crippen LogP contribution in [0.15, 0.2) is 30.9 Å². The Hall–Kier alpha value is -1.23. The number of nitrogens with zero attached hydrogens (tertiary/aromatic N) is 2. The highest BCUT2D eigenvalue weighted by Gasteiger charge is 2.09. The number of imidazole rings is 1. The molecule has 1 aromatic carbocycles. The zero-order chi connectivity index (χ0) is 13.1. The van der Waals surface area contributed by atoms with Crippen molar-refractivity contribution in [3.05, 3.63) is 45.9 Å². The Morgan fingerprint density at radius 1 is 1.22 bits per heavy atom. The first-order chi connectivity index (χ1) is 8.56. The Kier molecular flexibility index (Phi) is 4.11. The van der Waals surface area contributed by atoms with Crippen LogP contribution < -0.4 is 5.32 Å². The van der Waals surface area contributed by atoms with Crippen LogP contribution in [0.5, 0.6) is 0 Å². The van der Waals surface area contributed by atoms with Gasteiger partial charge in [0.05, 0.1) is 27.1 Å². The van der Waals surface area contributed by atoms with Gasteiger partial charge in [-0.15, -0.1) is 0 Å². The van der Waals surface area contributed by atoms with Crippen LogP contribution in [0.4, 0.5) is 5.69 Å². The fraction of sp³-hybridized carbons (Fsp3) is 0.0909. The van der Waals surface area contributed by atoms with Crippen LogP contribution in [0, 0.1) is 0 Å². The lowest BCUT2D eigenvalue weighted by atomic mass is 10.3. The second kappa shape index (κ2) is 5.61. The van der Waals surface area contributed by atoms with Gasteiger partial charge in [-0.05, 0) is 12.1 Å². The van der Waals surface area contributed by atoms with E-state index in [1.54, 1.807) is 23.3 Å². The van der Waals surface area contributed by atoms with Crippen molar-refractivity contribution in [2.75, 3.05) is 5.32 Å². The molecule has 0 aliphatic carbocycles. The van der Waals surface area contributed by atoms with E-state index in [0.29, 0.717) is 20.8 Å². The van der Waals surface area contributed by atoms with Gasteiger partial charge in [-0.1, -0.05) is 34.8 Å². The van der Waals surface area contributed by atoms with Gasteiger partial charge in [0.2, 0.25) is 5.91 Å². The van der Waals surface area contributed by atoms with Crippen molar-refractivity contribution < 1.29 is 4.79 Å². The second-order valence-corrected chi connectivity index (χ2v) is 4.75. The third-order valence-electron chi connectivity index (χ3n) is 2.17. The lowest BCUT2D eigenvalue weighted by molar-refractivity contribution is -0.116. The lowest BCUT2D eigenvalue weighted by Gasteiger charge is -2.09. The van der Waals surface area contributed by atoms with Crippen LogP contribution in [0.3, 0.4) is 0 Å². The number of amides is 1. The number of anilines is 1. The molecule has 2 aromatic rings. The number of carbonyl (C=O) groups is 1. The van der Waals surface area contributed by atoms with Crippen LogP contribution in [0.25, 0.3) is 0 Å². The fourth-order valence-corrected chi connectivity index (χ4v) is 1.95. The third-order valence-corrected chi connectivity index (χ3v) is 3.20. The highest BCUT2D eigenvalue weighted by Crippen LogP contribution is 2.32. The Balaban J connectivity index is 2.09. The van der Waals surface area contributed by atoms with Gasteiger partial charge in [-0.3, -0.25) is 4.79 Å². The molecular weight excluding hydrogens is 296 g/mol. The molecule has 0 saturated heterocycles. The SMILES string of the molecule is O=C(Cn1ccnc1)Nc1cc(Cl)c(Cl)cc1Cl. The van der Waals surface area contributed by atoms with Gasteiger partial charge in [0.15, 0.2) is 0 Å². The molecule has 4 nitrogen and oxygen atoms in total. The molecule has 1 N–H and O–H groups in total. The number of aromatic nitrogens is 2. The molecule has 0 radical (unpaired) electrons. The molecule has 0 fully saturated rings. The minimum atomic E-state index is -0.228. The first kappa shape index (κ1) is 13.2. The number of hydrogen-bond acceptors (Lipinski definition) is 2. The molecule has 0 spiro atoms. The molecule has 0 aliphatic rings. The van der Waals surface area contributed by atoms with Gasteiger partial charge in [0.1, 0.15) is 6.54 Å². The Bertz CT molecular complexity index is 569. The van der Waals surface area contributed by atoms with Gasteiger partial charge in [-0.25, -0.2) is 4.98 Å². The van der Waals surface area contributed by atoms with Gasteiger partial charge < -0.3 is 9.88 Å². The maximum Gasteiger partial charge on any atom is 0.244 e. The molecule has 0 bridgehead atoms. The summed E-state index contributed by atoms with van der Waals surface area (Å²) in [6.45, 7) is 0.149. The number of carbonyl (C=O) groups excluding carboxylic acids is 1. The van der Waals surface area contributed by atoms with Crippen molar-refractivity contribution in [2.24, 2.45) is 0 Å². The third kappa shape index (κ3) is 3.16. The molecule has 0 aliphatic heterocycles. The Morgan fingerprint density at radius 2 is 1.94 bits per heavy atom. The minimum absolute atomic E-state index is 0.149. The van der Waals surface area contributed by atoms with Gasteiger partial charge in [0, 0.05) is 12.4 Å². The van der Waals surface area contributed by atoms with E-state index in [0.717, 1.165) is 0 Å². The van der Waals surface area contributed by atoms with E-state index in [2.05, 4.69) is 10.3 Å². The molecular formula is C11H8Cl3N3O. The smallest absolute Gasteiger partial charge is 0.244 e. The molecule has 0 unspecified atom stereocenters. The summed E-state index contributed by atoms with van der Waals surface area (Å²) in [7, 11) is 0. The number of rotatable bonds is 3. The summed E-state index contributed by atoms with van der Waals surface area (Å²) >= 11 is 17.6. The largest absolute Gasteiger partial charge is 0.328 e. The predicted octanol–water partition coefficient (Wildman–Crippen LogP) is 3.48. The maximum absolute atomic E-state index is 11.7. The Morgan fingerprint density at radius 3 is 2.61 bits per heavy atom. The van der Waals surface area contributed by atoms with Gasteiger partial charge in [-0.2, -0.15) is 0 Å². The quantitative estimate of drug-likeness (QED) is 0.882. The molecule has 1 heterocycles. The van der Waals surface area contributed by atoms with Gasteiger partial charge in [0.25, 0.3) is 0 Å². The van der Waals surface area contributed by atoms with Crippen LogP contribution in [0.1, 0.15) is 0 Å². The van der Waals surface area contributed by atoms with Crippen molar-refractivity contribution in [3.63, 3.8) is 0 Å². The van der Waals surface area contributed by atoms with Crippen molar-refractivity contribution in [2.45, 2.75) is 6.54 Å². The molecule has 2 rings (SSSR count). The monoisotopic (exact) mass is 303 g/mol. The zero-order valence-electron chi connectivity index (χ0n) is 9.03. The molecule has 94 valence electrons. The highest BCUT2D eigenvalue weighted by molar-refractivity contribution is 6.44. The lowest BCUT2D eigenvalue weighted by Crippen LogP contribution is -2.18. The number of halogens is 3. The van der Waals surface area contributed by atoms with E-state index in [1.165, 1.54) is 12.1 Å². The van der Waals surface area contributed by atoms with Crippen molar-refractivity contribution in [1.82, 2.24) is 9.55 Å². The summed E-state index contributed by atoms with van der Waals surface area (Å²) in [5.41, 5.74) is 0.427. The first-order valence-electron chi connectivity index (χ1n) is 4.96. The summed E-state index contributed by atoms with van der Waals surface area (Å²) in [6, 6.07) is 3.00. The summed E-state index contributed by atoms with van der Waals surface area (Å²) < 4.78 is 1.64. The number of benzene rings is 1. The normalized spacial score (nSPS) is 10.4. The van der Waals surface area contributed by atoms with Crippen LogP contribution in [0.2, 0.25) is 15.1 Å². The molecule has 0 saturated carbocycles. The van der Waals surface area contributed by atoms with E-state index in [1.807, 2.05) is 0 Å². The van der Waals surface area contributed by atoms with E-state index in [9.17, 15) is 4.79 Å². The fourth-order valence-electron chi connectivity index (χ4n) is 1.35. The summed E-state index contributed by atoms with van der Waals surface area (Å²) in [6.07, 6.45) is 4.84. The zero-order valence-corrected chi connectivity index (χ0v) is 11.3. The van der Waals surface area contributed by atoms with Crippen LogP contribution >= 0.6 is 34.8 Å². The van der Waals surface area contributed by atoms with Crippen LogP contribution in [-0.2, 0) is 11.3 Å².